The zero-order chi connectivity index (χ0) is 28.0. The molecule has 13 nitrogen and oxygen atoms in total. The SMILES string of the molecule is NC1CCNCC1.Nc1ccccn1.Nc1cccnc1.O=[N+]([O-])c1cc[n+]([O-])cc1.O=c1cc[nH]cc1. The van der Waals surface area contributed by atoms with Crippen LogP contribution < -0.4 is 32.7 Å². The van der Waals surface area contributed by atoms with Gasteiger partial charge in [-0.3, -0.25) is 19.9 Å². The summed E-state index contributed by atoms with van der Waals surface area (Å²) in [5.74, 6) is 0.572. The molecule has 0 aliphatic carbocycles. The first-order valence-electron chi connectivity index (χ1n) is 11.5. The second kappa shape index (κ2) is 19.3. The molecule has 38 heavy (non-hydrogen) atoms. The normalized spacial score (nSPS) is 11.8. The lowest BCUT2D eigenvalue weighted by atomic mass is 10.1. The van der Waals surface area contributed by atoms with Gasteiger partial charge in [0, 0.05) is 49.2 Å². The monoisotopic (exact) mass is 523 g/mol. The van der Waals surface area contributed by atoms with Gasteiger partial charge in [0.25, 0.3) is 5.69 Å². The molecule has 0 atom stereocenters. The van der Waals surface area contributed by atoms with Gasteiger partial charge in [-0.05, 0) is 50.2 Å². The second-order valence-corrected chi connectivity index (χ2v) is 7.54. The van der Waals surface area contributed by atoms with Crippen LogP contribution >= 0.6 is 0 Å². The first-order valence-corrected chi connectivity index (χ1v) is 11.5. The summed E-state index contributed by atoms with van der Waals surface area (Å²) in [6.45, 7) is 2.22. The summed E-state index contributed by atoms with van der Waals surface area (Å²) in [6.07, 6.45) is 12.6. The molecule has 4 aromatic rings. The average molecular weight is 524 g/mol. The summed E-state index contributed by atoms with van der Waals surface area (Å²) < 4.78 is 0.493. The van der Waals surface area contributed by atoms with E-state index >= 15 is 0 Å². The minimum Gasteiger partial charge on any atom is -0.619 e. The number of nitrogen functional groups attached to an aromatic ring is 2. The number of hydrogen-bond donors (Lipinski definition) is 5. The molecule has 8 N–H and O–H groups in total. The minimum atomic E-state index is -0.556. The topological polar surface area (TPSA) is 219 Å². The molecular weight excluding hydrogens is 490 g/mol. The van der Waals surface area contributed by atoms with E-state index in [0.717, 1.165) is 50.5 Å². The van der Waals surface area contributed by atoms with E-state index in [2.05, 4.69) is 20.3 Å². The van der Waals surface area contributed by atoms with Gasteiger partial charge in [-0.1, -0.05) is 6.07 Å². The number of piperidine rings is 1. The first kappa shape index (κ1) is 31.2. The highest BCUT2D eigenvalue weighted by Gasteiger charge is 2.05. The molecule has 1 aliphatic heterocycles. The van der Waals surface area contributed by atoms with Gasteiger partial charge < -0.3 is 32.7 Å². The molecule has 0 aromatic carbocycles. The van der Waals surface area contributed by atoms with E-state index in [9.17, 15) is 20.1 Å². The van der Waals surface area contributed by atoms with Crippen molar-refractivity contribution in [2.45, 2.75) is 18.9 Å². The van der Waals surface area contributed by atoms with Gasteiger partial charge in [-0.2, -0.15) is 4.73 Å². The van der Waals surface area contributed by atoms with Crippen molar-refractivity contribution < 1.29 is 9.65 Å². The zero-order valence-corrected chi connectivity index (χ0v) is 20.8. The van der Waals surface area contributed by atoms with Crippen LogP contribution in [0.1, 0.15) is 12.8 Å². The fourth-order valence-electron chi connectivity index (χ4n) is 2.49. The molecule has 5 rings (SSSR count). The quantitative estimate of drug-likeness (QED) is 0.105. The molecule has 0 unspecified atom stereocenters. The molecular formula is C25H33N9O4. The Morgan fingerprint density at radius 2 is 1.61 bits per heavy atom. The predicted molar refractivity (Wildman–Crippen MR) is 146 cm³/mol. The molecule has 0 radical (unpaired) electrons. The standard InChI is InChI=1S/C5H4N2O3.C5H12N2.2C5H6N2.C5H5NO/c8-6-3-1-5(2-4-6)7(9)10;6-5-1-3-7-4-2-5;6-5-2-1-3-7-4-5;6-5-3-1-2-4-7-5;7-5-1-3-6-4-2-5/h1-4H;5,7H,1-4,6H2;1-4H,6H2;1-4H,(H2,6,7);1-4H,(H,6,7). The summed E-state index contributed by atoms with van der Waals surface area (Å²) in [7, 11) is 0. The van der Waals surface area contributed by atoms with Gasteiger partial charge >= 0.3 is 0 Å². The third-order valence-electron chi connectivity index (χ3n) is 4.44. The van der Waals surface area contributed by atoms with Gasteiger partial charge in [0.15, 0.2) is 17.8 Å². The first-order chi connectivity index (χ1) is 18.3. The van der Waals surface area contributed by atoms with Gasteiger partial charge in [-0.25, -0.2) is 4.98 Å². The van der Waals surface area contributed by atoms with Crippen molar-refractivity contribution in [2.24, 2.45) is 5.73 Å². The van der Waals surface area contributed by atoms with Crippen LogP contribution in [0.25, 0.3) is 0 Å². The van der Waals surface area contributed by atoms with E-state index < -0.39 is 4.92 Å². The van der Waals surface area contributed by atoms with Crippen molar-refractivity contribution >= 4 is 17.2 Å². The number of nitrogens with two attached hydrogens (primary N) is 3. The number of aromatic nitrogens is 4. The number of anilines is 2. The number of nitrogens with zero attached hydrogens (tertiary/aromatic N) is 4. The molecule has 0 spiro atoms. The van der Waals surface area contributed by atoms with Crippen molar-refractivity contribution in [2.75, 3.05) is 24.6 Å². The van der Waals surface area contributed by atoms with E-state index in [1.165, 1.54) is 12.1 Å². The van der Waals surface area contributed by atoms with E-state index in [1.807, 2.05) is 12.1 Å². The number of aromatic amines is 1. The molecule has 13 heteroatoms. The van der Waals surface area contributed by atoms with Gasteiger partial charge in [-0.15, -0.1) is 0 Å². The van der Waals surface area contributed by atoms with Gasteiger partial charge in [0.1, 0.15) is 5.82 Å². The van der Waals surface area contributed by atoms with Crippen molar-refractivity contribution in [3.8, 4) is 0 Å². The second-order valence-electron chi connectivity index (χ2n) is 7.54. The fourth-order valence-corrected chi connectivity index (χ4v) is 2.49. The molecule has 4 aromatic heterocycles. The van der Waals surface area contributed by atoms with E-state index in [-0.39, 0.29) is 11.1 Å². The number of hydrogen-bond acceptors (Lipinski definition) is 10. The molecule has 0 saturated carbocycles. The van der Waals surface area contributed by atoms with Crippen LogP contribution in [-0.4, -0.2) is 39.0 Å². The number of nitro groups is 1. The van der Waals surface area contributed by atoms with Gasteiger partial charge in [0.2, 0.25) is 0 Å². The fraction of sp³-hybridized carbons (Fsp3) is 0.200. The summed E-state index contributed by atoms with van der Waals surface area (Å²) in [6, 6.07) is 14.7. The Hall–Kier alpha value is -4.88. The van der Waals surface area contributed by atoms with E-state index in [0.29, 0.717) is 22.3 Å². The van der Waals surface area contributed by atoms with Crippen molar-refractivity contribution in [3.63, 3.8) is 0 Å². The lowest BCUT2D eigenvalue weighted by molar-refractivity contribution is -0.606. The molecule has 0 bridgehead atoms. The highest BCUT2D eigenvalue weighted by molar-refractivity contribution is 5.32. The lowest BCUT2D eigenvalue weighted by Crippen LogP contribution is -2.35. The van der Waals surface area contributed by atoms with E-state index in [4.69, 9.17) is 17.2 Å². The summed E-state index contributed by atoms with van der Waals surface area (Å²) in [5.41, 5.74) is 16.8. The Bertz CT molecular complexity index is 1130. The largest absolute Gasteiger partial charge is 0.619 e. The Kier molecular flexibility index (Phi) is 15.8. The average Bonchev–Trinajstić information content (AvgIpc) is 2.92. The van der Waals surface area contributed by atoms with Crippen LogP contribution in [-0.2, 0) is 0 Å². The highest BCUT2D eigenvalue weighted by atomic mass is 16.6. The third-order valence-corrected chi connectivity index (χ3v) is 4.44. The Labute approximate surface area is 220 Å². The van der Waals surface area contributed by atoms with Crippen LogP contribution in [0.15, 0.2) is 103 Å². The summed E-state index contributed by atoms with van der Waals surface area (Å²) >= 11 is 0. The van der Waals surface area contributed by atoms with Crippen LogP contribution in [0.3, 0.4) is 0 Å². The maximum atomic E-state index is 10.3. The number of pyridine rings is 4. The van der Waals surface area contributed by atoms with E-state index in [1.54, 1.807) is 49.2 Å². The molecule has 1 saturated heterocycles. The molecule has 1 fully saturated rings. The summed E-state index contributed by atoms with van der Waals surface area (Å²) in [5, 5.41) is 23.6. The Morgan fingerprint density at radius 3 is 1.92 bits per heavy atom. The minimum absolute atomic E-state index is 0.0405. The smallest absolute Gasteiger partial charge is 0.281 e. The highest BCUT2D eigenvalue weighted by Crippen LogP contribution is 2.04. The van der Waals surface area contributed by atoms with Gasteiger partial charge in [0.05, 0.1) is 22.7 Å². The lowest BCUT2D eigenvalue weighted by Gasteiger charge is -2.17. The summed E-state index contributed by atoms with van der Waals surface area (Å²) in [4.78, 5) is 29.9. The predicted octanol–water partition coefficient (Wildman–Crippen LogP) is 1.63. The number of rotatable bonds is 1. The van der Waals surface area contributed by atoms with Crippen LogP contribution in [0.2, 0.25) is 0 Å². The number of nitrogens with one attached hydrogen (secondary N) is 2. The van der Waals surface area contributed by atoms with Crippen molar-refractivity contribution in [1.29, 1.82) is 0 Å². The van der Waals surface area contributed by atoms with Crippen LogP contribution in [0, 0.1) is 15.3 Å². The Balaban J connectivity index is 0.000000239. The van der Waals surface area contributed by atoms with Crippen molar-refractivity contribution in [1.82, 2.24) is 20.3 Å². The maximum absolute atomic E-state index is 10.3. The Morgan fingerprint density at radius 1 is 0.947 bits per heavy atom. The molecule has 202 valence electrons. The van der Waals surface area contributed by atoms with Crippen LogP contribution in [0.5, 0.6) is 0 Å². The van der Waals surface area contributed by atoms with Crippen molar-refractivity contribution in [3.05, 3.63) is 124 Å². The zero-order valence-electron chi connectivity index (χ0n) is 20.8. The maximum Gasteiger partial charge on any atom is 0.281 e. The number of H-pyrrole nitrogens is 1. The third kappa shape index (κ3) is 16.7. The molecule has 5 heterocycles. The van der Waals surface area contributed by atoms with Crippen LogP contribution in [0.4, 0.5) is 17.2 Å². The molecule has 1 aliphatic rings. The molecule has 0 amide bonds.